The van der Waals surface area contributed by atoms with Crippen LogP contribution in [0.5, 0.6) is 5.75 Å². The second-order valence-electron chi connectivity index (χ2n) is 6.67. The molecule has 1 aliphatic carbocycles. The summed E-state index contributed by atoms with van der Waals surface area (Å²) in [5.41, 5.74) is 0.497. The monoisotopic (exact) mass is 415 g/mol. The third kappa shape index (κ3) is 5.20. The summed E-state index contributed by atoms with van der Waals surface area (Å²) < 4.78 is 56.8. The lowest BCUT2D eigenvalue weighted by atomic mass is 9.91. The number of ether oxygens (including phenoxy) is 1. The number of benzene rings is 1. The maximum atomic E-state index is 13.9. The molecule has 0 saturated heterocycles. The van der Waals surface area contributed by atoms with Crippen molar-refractivity contribution < 1.29 is 26.9 Å². The Kier molecular flexibility index (Phi) is 6.50. The molecule has 0 aliphatic heterocycles. The lowest BCUT2D eigenvalue weighted by Gasteiger charge is -2.29. The summed E-state index contributed by atoms with van der Waals surface area (Å²) >= 11 is 0. The van der Waals surface area contributed by atoms with E-state index >= 15 is 0 Å². The van der Waals surface area contributed by atoms with E-state index in [-0.39, 0.29) is 29.1 Å². The topological polar surface area (TPSA) is 80.3 Å². The highest BCUT2D eigenvalue weighted by Crippen LogP contribution is 2.26. The number of aromatic nitrogens is 1. The summed E-state index contributed by atoms with van der Waals surface area (Å²) in [4.78, 5) is 16.5. The van der Waals surface area contributed by atoms with Crippen molar-refractivity contribution in [1.29, 1.82) is 0 Å². The molecule has 1 aromatic heterocycles. The number of hydrogen-bond acceptors (Lipinski definition) is 4. The summed E-state index contributed by atoms with van der Waals surface area (Å²) in [5.74, 6) is -1.88. The lowest BCUT2D eigenvalue weighted by molar-refractivity contribution is -0.0520. The molecule has 1 amide bonds. The number of halogens is 3. The molecule has 1 unspecified atom stereocenters. The van der Waals surface area contributed by atoms with Crippen molar-refractivity contribution in [1.82, 2.24) is 15.0 Å². The fourth-order valence-corrected chi connectivity index (χ4v) is 4.00. The van der Waals surface area contributed by atoms with Crippen LogP contribution in [0, 0.1) is 5.82 Å². The van der Waals surface area contributed by atoms with Crippen molar-refractivity contribution in [2.75, 3.05) is 6.26 Å². The summed E-state index contributed by atoms with van der Waals surface area (Å²) in [5, 5.41) is 3.24. The van der Waals surface area contributed by atoms with Gasteiger partial charge in [0, 0.05) is 36.0 Å². The van der Waals surface area contributed by atoms with Crippen molar-refractivity contribution in [2.45, 2.75) is 44.4 Å². The van der Waals surface area contributed by atoms with Crippen LogP contribution in [0.3, 0.4) is 0 Å². The van der Waals surface area contributed by atoms with Crippen molar-refractivity contribution in [3.8, 4) is 5.75 Å². The average molecular weight is 415 g/mol. The van der Waals surface area contributed by atoms with Gasteiger partial charge in [-0.15, -0.1) is 0 Å². The maximum Gasteiger partial charge on any atom is 0.387 e. The number of nitrogens with one attached hydrogen (secondary N) is 2. The Balaban J connectivity index is 1.66. The van der Waals surface area contributed by atoms with Crippen molar-refractivity contribution in [3.63, 3.8) is 0 Å². The molecular formula is C18H20F3N3O3S. The molecule has 3 rings (SSSR count). The van der Waals surface area contributed by atoms with Crippen molar-refractivity contribution >= 4 is 27.8 Å². The van der Waals surface area contributed by atoms with Crippen LogP contribution in [-0.2, 0) is 11.0 Å². The predicted octanol–water partition coefficient (Wildman–Crippen LogP) is 2.90. The Bertz CT molecular complexity index is 889. The lowest BCUT2D eigenvalue weighted by Crippen LogP contribution is -2.42. The number of fused-ring (bicyclic) bond motifs is 1. The zero-order valence-electron chi connectivity index (χ0n) is 15.1. The third-order valence-corrected chi connectivity index (χ3v) is 5.27. The highest BCUT2D eigenvalue weighted by atomic mass is 32.2. The molecule has 1 aliphatic rings. The molecular weight excluding hydrogens is 395 g/mol. The predicted molar refractivity (Wildman–Crippen MR) is 99.0 cm³/mol. The zero-order chi connectivity index (χ0) is 20.3. The highest BCUT2D eigenvalue weighted by molar-refractivity contribution is 7.82. The van der Waals surface area contributed by atoms with Gasteiger partial charge in [0.2, 0.25) is 0 Å². The standard InChI is InChI=1S/C18H20F3N3O3S/c1-28(26)24-13-4-2-12(3-5-13)23-17(25)11-6-10-7-14(19)16(27-18(20)21)8-15(10)22-9-11/h6-9,12-13,18,24H,2-5H2,1H3,(H,23,25). The van der Waals surface area contributed by atoms with E-state index in [1.165, 1.54) is 12.3 Å². The van der Waals surface area contributed by atoms with Gasteiger partial charge in [-0.25, -0.2) is 13.3 Å². The SMILES string of the molecule is CS(=O)NC1CCC(NC(=O)c2cnc3cc(OC(F)F)c(F)cc3c2)CC1. The van der Waals surface area contributed by atoms with Crippen LogP contribution >= 0.6 is 0 Å². The Morgan fingerprint density at radius 3 is 2.54 bits per heavy atom. The van der Waals surface area contributed by atoms with E-state index in [2.05, 4.69) is 19.8 Å². The van der Waals surface area contributed by atoms with Crippen LogP contribution in [0.2, 0.25) is 0 Å². The Morgan fingerprint density at radius 2 is 1.89 bits per heavy atom. The molecule has 1 fully saturated rings. The van der Waals surface area contributed by atoms with Gasteiger partial charge in [0.15, 0.2) is 11.6 Å². The summed E-state index contributed by atoms with van der Waals surface area (Å²) in [6, 6.07) is 3.71. The number of carbonyl (C=O) groups is 1. The molecule has 152 valence electrons. The number of carbonyl (C=O) groups excluding carboxylic acids is 1. The fourth-order valence-electron chi connectivity index (χ4n) is 3.30. The molecule has 0 radical (unpaired) electrons. The van der Waals surface area contributed by atoms with Crippen molar-refractivity contribution in [2.24, 2.45) is 0 Å². The van der Waals surface area contributed by atoms with Crippen LogP contribution in [0.15, 0.2) is 24.4 Å². The smallest absolute Gasteiger partial charge is 0.387 e. The second-order valence-corrected chi connectivity index (χ2v) is 7.82. The first-order chi connectivity index (χ1) is 13.3. The van der Waals surface area contributed by atoms with E-state index < -0.39 is 29.2 Å². The van der Waals surface area contributed by atoms with Crippen LogP contribution in [-0.4, -0.2) is 40.1 Å². The third-order valence-electron chi connectivity index (χ3n) is 4.61. The number of pyridine rings is 1. The van der Waals surface area contributed by atoms with Gasteiger partial charge in [0.1, 0.15) is 0 Å². The van der Waals surface area contributed by atoms with E-state index in [0.717, 1.165) is 37.8 Å². The molecule has 10 heteroatoms. The molecule has 6 nitrogen and oxygen atoms in total. The van der Waals surface area contributed by atoms with Crippen LogP contribution < -0.4 is 14.8 Å². The number of hydrogen-bond donors (Lipinski definition) is 2. The van der Waals surface area contributed by atoms with Crippen LogP contribution in [0.25, 0.3) is 10.9 Å². The second kappa shape index (κ2) is 8.87. The van der Waals surface area contributed by atoms with Crippen molar-refractivity contribution in [3.05, 3.63) is 35.8 Å². The molecule has 0 bridgehead atoms. The molecule has 28 heavy (non-hydrogen) atoms. The van der Waals surface area contributed by atoms with Gasteiger partial charge in [-0.3, -0.25) is 9.78 Å². The minimum absolute atomic E-state index is 0.00917. The first-order valence-electron chi connectivity index (χ1n) is 8.76. The van der Waals surface area contributed by atoms with E-state index in [4.69, 9.17) is 0 Å². The molecule has 1 atom stereocenters. The average Bonchev–Trinajstić information content (AvgIpc) is 2.62. The number of nitrogens with zero attached hydrogens (tertiary/aromatic N) is 1. The largest absolute Gasteiger partial charge is 0.432 e. The first kappa shape index (κ1) is 20.5. The summed E-state index contributed by atoms with van der Waals surface area (Å²) in [7, 11) is -1.06. The van der Waals surface area contributed by atoms with E-state index in [1.807, 2.05) is 0 Å². The maximum absolute atomic E-state index is 13.9. The molecule has 1 saturated carbocycles. The molecule has 2 N–H and O–H groups in total. The van der Waals surface area contributed by atoms with Crippen LogP contribution in [0.1, 0.15) is 36.0 Å². The Labute approximate surface area is 162 Å². The van der Waals surface area contributed by atoms with Gasteiger partial charge in [0.25, 0.3) is 5.91 Å². The van der Waals surface area contributed by atoms with E-state index in [9.17, 15) is 22.2 Å². The van der Waals surface area contributed by atoms with Gasteiger partial charge >= 0.3 is 6.61 Å². The molecule has 1 heterocycles. The minimum Gasteiger partial charge on any atom is -0.432 e. The van der Waals surface area contributed by atoms with Gasteiger partial charge in [-0.1, -0.05) is 0 Å². The van der Waals surface area contributed by atoms with E-state index in [0.29, 0.717) is 5.39 Å². The quantitative estimate of drug-likeness (QED) is 0.760. The van der Waals surface area contributed by atoms with Gasteiger partial charge in [-0.2, -0.15) is 8.78 Å². The fraction of sp³-hybridized carbons (Fsp3) is 0.444. The number of amides is 1. The molecule has 1 aromatic carbocycles. The van der Waals surface area contributed by atoms with Crippen LogP contribution in [0.4, 0.5) is 13.2 Å². The minimum atomic E-state index is -3.14. The summed E-state index contributed by atoms with van der Waals surface area (Å²) in [6.07, 6.45) is 6.02. The first-order valence-corrected chi connectivity index (χ1v) is 10.3. The Hall–Kier alpha value is -2.20. The normalized spacial score (nSPS) is 20.9. The van der Waals surface area contributed by atoms with Gasteiger partial charge in [0.05, 0.1) is 22.1 Å². The number of rotatable bonds is 6. The Morgan fingerprint density at radius 1 is 1.21 bits per heavy atom. The number of alkyl halides is 2. The van der Waals surface area contributed by atoms with E-state index in [1.54, 1.807) is 6.26 Å². The highest BCUT2D eigenvalue weighted by Gasteiger charge is 2.23. The molecule has 2 aromatic rings. The molecule has 0 spiro atoms. The van der Waals surface area contributed by atoms with Gasteiger partial charge in [-0.05, 0) is 37.8 Å². The van der Waals surface area contributed by atoms with Gasteiger partial charge < -0.3 is 10.1 Å². The summed E-state index contributed by atoms with van der Waals surface area (Å²) in [6.45, 7) is -3.14. The zero-order valence-corrected chi connectivity index (χ0v) is 15.9.